The Balaban J connectivity index is 0.00000225. The second-order valence-electron chi connectivity index (χ2n) is 4.01. The number of nitrogens with one attached hydrogen (secondary N) is 1. The molecular formula is C9H21ClN2O3S. The third-order valence-corrected chi connectivity index (χ3v) is 3.96. The van der Waals surface area contributed by atoms with Gasteiger partial charge in [-0.05, 0) is 25.2 Å². The zero-order valence-corrected chi connectivity index (χ0v) is 11.1. The average Bonchev–Trinajstić information content (AvgIpc) is 2.98. The van der Waals surface area contributed by atoms with Crippen LogP contribution in [-0.2, 0) is 14.8 Å². The molecule has 0 bridgehead atoms. The van der Waals surface area contributed by atoms with Crippen LogP contribution in [0.1, 0.15) is 19.3 Å². The highest BCUT2D eigenvalue weighted by Crippen LogP contribution is 2.31. The third kappa shape index (κ3) is 6.65. The Hall–Kier alpha value is 0.120. The second kappa shape index (κ2) is 7.45. The van der Waals surface area contributed by atoms with E-state index in [1.165, 1.54) is 0 Å². The van der Waals surface area contributed by atoms with Crippen molar-refractivity contribution >= 4 is 22.4 Å². The van der Waals surface area contributed by atoms with Crippen LogP contribution in [0.15, 0.2) is 0 Å². The van der Waals surface area contributed by atoms with Gasteiger partial charge in [0.1, 0.15) is 0 Å². The largest absolute Gasteiger partial charge is 0.385 e. The summed E-state index contributed by atoms with van der Waals surface area (Å²) in [6.45, 7) is 0.829. The van der Waals surface area contributed by atoms with Crippen molar-refractivity contribution in [3.63, 3.8) is 0 Å². The van der Waals surface area contributed by atoms with E-state index in [2.05, 4.69) is 4.72 Å². The van der Waals surface area contributed by atoms with Crippen LogP contribution < -0.4 is 10.5 Å². The van der Waals surface area contributed by atoms with Gasteiger partial charge in [-0.2, -0.15) is 0 Å². The van der Waals surface area contributed by atoms with Gasteiger partial charge in [0.2, 0.25) is 10.0 Å². The number of hydrogen-bond acceptors (Lipinski definition) is 4. The van der Waals surface area contributed by atoms with Crippen molar-refractivity contribution < 1.29 is 13.2 Å². The van der Waals surface area contributed by atoms with Crippen LogP contribution in [0.3, 0.4) is 0 Å². The zero-order valence-electron chi connectivity index (χ0n) is 9.52. The topological polar surface area (TPSA) is 81.4 Å². The van der Waals surface area contributed by atoms with Gasteiger partial charge in [0, 0.05) is 26.3 Å². The normalized spacial score (nSPS) is 17.9. The van der Waals surface area contributed by atoms with Gasteiger partial charge in [-0.25, -0.2) is 13.1 Å². The van der Waals surface area contributed by atoms with Gasteiger partial charge in [-0.15, -0.1) is 12.4 Å². The minimum Gasteiger partial charge on any atom is -0.385 e. The van der Waals surface area contributed by atoms with Gasteiger partial charge >= 0.3 is 0 Å². The molecule has 1 rings (SSSR count). The molecule has 0 saturated heterocycles. The predicted molar refractivity (Wildman–Crippen MR) is 66.2 cm³/mol. The Morgan fingerprint density at radius 3 is 2.62 bits per heavy atom. The lowest BCUT2D eigenvalue weighted by Gasteiger charge is -2.11. The van der Waals surface area contributed by atoms with Gasteiger partial charge in [0.25, 0.3) is 0 Å². The van der Waals surface area contributed by atoms with Gasteiger partial charge in [-0.3, -0.25) is 0 Å². The molecule has 3 N–H and O–H groups in total. The van der Waals surface area contributed by atoms with E-state index < -0.39 is 10.0 Å². The van der Waals surface area contributed by atoms with Crippen molar-refractivity contribution in [1.82, 2.24) is 4.72 Å². The molecular weight excluding hydrogens is 252 g/mol. The van der Waals surface area contributed by atoms with Crippen molar-refractivity contribution in [3.05, 3.63) is 0 Å². The molecule has 0 amide bonds. The first-order valence-corrected chi connectivity index (χ1v) is 6.92. The molecule has 0 aliphatic heterocycles. The molecule has 1 aliphatic rings. The van der Waals surface area contributed by atoms with Crippen molar-refractivity contribution in [2.24, 2.45) is 11.7 Å². The van der Waals surface area contributed by atoms with Crippen LogP contribution in [-0.4, -0.2) is 40.5 Å². The minimum absolute atomic E-state index is 0. The van der Waals surface area contributed by atoms with E-state index in [-0.39, 0.29) is 24.2 Å². The van der Waals surface area contributed by atoms with Gasteiger partial charge < -0.3 is 10.5 Å². The highest BCUT2D eigenvalue weighted by molar-refractivity contribution is 7.89. The predicted octanol–water partition coefficient (Wildman–Crippen LogP) is 0.101. The lowest BCUT2D eigenvalue weighted by molar-refractivity contribution is 0.199. The maximum Gasteiger partial charge on any atom is 0.211 e. The Morgan fingerprint density at radius 1 is 1.50 bits per heavy atom. The SMILES string of the molecule is COCCCS(=O)(=O)NCC(N)C1CC1.Cl. The number of hydrogen-bond donors (Lipinski definition) is 2. The van der Waals surface area contributed by atoms with Crippen molar-refractivity contribution in [2.45, 2.75) is 25.3 Å². The minimum atomic E-state index is -3.16. The Kier molecular flexibility index (Phi) is 7.50. The molecule has 1 aliphatic carbocycles. The van der Waals surface area contributed by atoms with Crippen LogP contribution in [0.4, 0.5) is 0 Å². The summed E-state index contributed by atoms with van der Waals surface area (Å²) in [7, 11) is -1.61. The highest BCUT2D eigenvalue weighted by Gasteiger charge is 2.28. The van der Waals surface area contributed by atoms with Crippen LogP contribution in [0, 0.1) is 5.92 Å². The fourth-order valence-electron chi connectivity index (χ4n) is 1.38. The van der Waals surface area contributed by atoms with E-state index in [9.17, 15) is 8.42 Å². The van der Waals surface area contributed by atoms with Crippen LogP contribution in [0.5, 0.6) is 0 Å². The summed E-state index contributed by atoms with van der Waals surface area (Å²) in [5.74, 6) is 0.629. The monoisotopic (exact) mass is 272 g/mol. The van der Waals surface area contributed by atoms with E-state index in [1.807, 2.05) is 0 Å². The molecule has 0 spiro atoms. The molecule has 5 nitrogen and oxygen atoms in total. The Labute approximate surface area is 104 Å². The lowest BCUT2D eigenvalue weighted by atomic mass is 10.2. The van der Waals surface area contributed by atoms with Crippen molar-refractivity contribution in [1.29, 1.82) is 0 Å². The Bertz CT molecular complexity index is 280. The fraction of sp³-hybridized carbons (Fsp3) is 1.00. The van der Waals surface area contributed by atoms with E-state index in [1.54, 1.807) is 7.11 Å². The molecule has 0 aromatic heterocycles. The Morgan fingerprint density at radius 2 is 2.12 bits per heavy atom. The number of halogens is 1. The number of rotatable bonds is 8. The number of ether oxygens (including phenoxy) is 1. The first-order valence-electron chi connectivity index (χ1n) is 5.27. The molecule has 1 unspecified atom stereocenters. The quantitative estimate of drug-likeness (QED) is 0.614. The molecule has 1 fully saturated rings. The summed E-state index contributed by atoms with van der Waals surface area (Å²) in [6, 6.07) is -0.0257. The molecule has 0 aromatic rings. The summed E-state index contributed by atoms with van der Waals surface area (Å²) >= 11 is 0. The van der Waals surface area contributed by atoms with Gasteiger partial charge in [-0.1, -0.05) is 0 Å². The van der Waals surface area contributed by atoms with Crippen molar-refractivity contribution in [3.8, 4) is 0 Å². The fourth-order valence-corrected chi connectivity index (χ4v) is 2.47. The summed E-state index contributed by atoms with van der Waals surface area (Å²) < 4.78 is 30.2. The van der Waals surface area contributed by atoms with Crippen LogP contribution in [0.25, 0.3) is 0 Å². The van der Waals surface area contributed by atoms with Gasteiger partial charge in [0.05, 0.1) is 5.75 Å². The molecule has 0 heterocycles. The van der Waals surface area contributed by atoms with E-state index in [0.29, 0.717) is 25.5 Å². The van der Waals surface area contributed by atoms with Crippen LogP contribution in [0.2, 0.25) is 0 Å². The summed E-state index contributed by atoms with van der Waals surface area (Å²) in [5.41, 5.74) is 5.79. The molecule has 1 saturated carbocycles. The first kappa shape index (κ1) is 16.1. The van der Waals surface area contributed by atoms with E-state index in [0.717, 1.165) is 12.8 Å². The van der Waals surface area contributed by atoms with E-state index in [4.69, 9.17) is 10.5 Å². The standard InChI is InChI=1S/C9H20N2O3S.ClH/c1-14-5-2-6-15(12,13)11-7-9(10)8-3-4-8;/h8-9,11H,2-7,10H2,1H3;1H. The number of methoxy groups -OCH3 is 1. The maximum atomic E-state index is 11.4. The zero-order chi connectivity index (χ0) is 11.3. The molecule has 0 aromatic carbocycles. The first-order chi connectivity index (χ1) is 7.05. The summed E-state index contributed by atoms with van der Waals surface area (Å²) in [5, 5.41) is 0. The highest BCUT2D eigenvalue weighted by atomic mass is 35.5. The molecule has 0 radical (unpaired) electrons. The van der Waals surface area contributed by atoms with Crippen molar-refractivity contribution in [2.75, 3.05) is 26.0 Å². The third-order valence-electron chi connectivity index (χ3n) is 2.53. The summed E-state index contributed by atoms with van der Waals surface area (Å²) in [4.78, 5) is 0. The average molecular weight is 273 g/mol. The molecule has 16 heavy (non-hydrogen) atoms. The second-order valence-corrected chi connectivity index (χ2v) is 5.94. The van der Waals surface area contributed by atoms with E-state index >= 15 is 0 Å². The number of nitrogens with two attached hydrogens (primary N) is 1. The molecule has 98 valence electrons. The maximum absolute atomic E-state index is 11.4. The molecule has 1 atom stereocenters. The number of sulfonamides is 1. The van der Waals surface area contributed by atoms with Gasteiger partial charge in [0.15, 0.2) is 0 Å². The molecule has 7 heteroatoms. The smallest absolute Gasteiger partial charge is 0.211 e. The van der Waals surface area contributed by atoms with Crippen LogP contribution >= 0.6 is 12.4 Å². The lowest BCUT2D eigenvalue weighted by Crippen LogP contribution is -2.39. The summed E-state index contributed by atoms with van der Waals surface area (Å²) in [6.07, 6.45) is 2.78.